The summed E-state index contributed by atoms with van der Waals surface area (Å²) in [6.07, 6.45) is 1.82. The Morgan fingerprint density at radius 1 is 0.632 bits per heavy atom. The maximum Gasteiger partial charge on any atom is 0.136 e. The molecule has 4 rings (SSSR count). The van der Waals surface area contributed by atoms with E-state index in [1.165, 1.54) is 0 Å². The summed E-state index contributed by atoms with van der Waals surface area (Å²) in [5.74, 6) is 1.73. The highest BCUT2D eigenvalue weighted by Gasteiger charge is 2.20. The van der Waals surface area contributed by atoms with Crippen molar-refractivity contribution in [3.8, 4) is 33.9 Å². The first-order valence-electron chi connectivity index (χ1n) is 6.25. The second kappa shape index (κ2) is 3.95. The van der Waals surface area contributed by atoms with Crippen molar-refractivity contribution in [2.75, 3.05) is 0 Å². The normalized spacial score (nSPS) is 11.6. The van der Waals surface area contributed by atoms with Crippen molar-refractivity contribution in [3.63, 3.8) is 0 Å². The molecule has 1 aliphatic rings. The molecular weight excluding hydrogens is 234 g/mol. The standard InChI is InChI=1S/C17H11NO/c1-3-9-15-12(6-1)13-8-5-11-18-17(13)14-7-2-4-10-16(14)19-15/h1-11H. The minimum Gasteiger partial charge on any atom is -0.456 e. The Morgan fingerprint density at radius 3 is 2.11 bits per heavy atom. The van der Waals surface area contributed by atoms with Crippen LogP contribution in [0.4, 0.5) is 0 Å². The summed E-state index contributed by atoms with van der Waals surface area (Å²) in [4.78, 5) is 4.54. The van der Waals surface area contributed by atoms with Crippen molar-refractivity contribution in [2.45, 2.75) is 0 Å². The first kappa shape index (κ1) is 10.3. The fourth-order valence-corrected chi connectivity index (χ4v) is 2.49. The molecule has 2 aromatic carbocycles. The highest BCUT2D eigenvalue weighted by molar-refractivity contribution is 5.88. The molecule has 0 spiro atoms. The Balaban J connectivity index is 2.13. The Labute approximate surface area is 111 Å². The molecule has 0 N–H and O–H groups in total. The molecule has 19 heavy (non-hydrogen) atoms. The first-order valence-corrected chi connectivity index (χ1v) is 6.25. The Kier molecular flexibility index (Phi) is 2.15. The molecule has 0 radical (unpaired) electrons. The summed E-state index contributed by atoms with van der Waals surface area (Å²) in [6.45, 7) is 0. The number of nitrogens with zero attached hydrogens (tertiary/aromatic N) is 1. The summed E-state index contributed by atoms with van der Waals surface area (Å²) < 4.78 is 6.04. The Bertz CT molecular complexity index is 700. The molecule has 1 aliphatic heterocycles. The van der Waals surface area contributed by atoms with E-state index < -0.39 is 0 Å². The number of benzene rings is 2. The van der Waals surface area contributed by atoms with E-state index in [1.807, 2.05) is 54.7 Å². The second-order valence-corrected chi connectivity index (χ2v) is 4.49. The number of pyridine rings is 1. The van der Waals surface area contributed by atoms with Crippen molar-refractivity contribution in [3.05, 3.63) is 66.9 Å². The molecule has 0 fully saturated rings. The van der Waals surface area contributed by atoms with E-state index in [4.69, 9.17) is 4.74 Å². The van der Waals surface area contributed by atoms with Crippen LogP contribution in [-0.4, -0.2) is 4.98 Å². The predicted molar refractivity (Wildman–Crippen MR) is 75.2 cm³/mol. The lowest BCUT2D eigenvalue weighted by Crippen LogP contribution is -1.86. The van der Waals surface area contributed by atoms with Crippen molar-refractivity contribution in [1.82, 2.24) is 4.98 Å². The zero-order chi connectivity index (χ0) is 12.7. The number of hydrogen-bond donors (Lipinski definition) is 0. The average Bonchev–Trinajstić information content (AvgIpc) is 2.62. The van der Waals surface area contributed by atoms with Gasteiger partial charge in [-0.05, 0) is 24.3 Å². The molecule has 3 aromatic rings. The minimum atomic E-state index is 0.854. The van der Waals surface area contributed by atoms with E-state index in [9.17, 15) is 0 Å². The topological polar surface area (TPSA) is 22.1 Å². The summed E-state index contributed by atoms with van der Waals surface area (Å²) in [6, 6.07) is 20.2. The molecule has 1 aromatic heterocycles. The van der Waals surface area contributed by atoms with E-state index in [-0.39, 0.29) is 0 Å². The van der Waals surface area contributed by atoms with Gasteiger partial charge in [0.15, 0.2) is 0 Å². The molecule has 0 atom stereocenters. The smallest absolute Gasteiger partial charge is 0.136 e. The fraction of sp³-hybridized carbons (Fsp3) is 0. The van der Waals surface area contributed by atoms with Gasteiger partial charge in [-0.1, -0.05) is 36.4 Å². The van der Waals surface area contributed by atoms with Crippen molar-refractivity contribution < 1.29 is 4.74 Å². The van der Waals surface area contributed by atoms with Gasteiger partial charge in [0.25, 0.3) is 0 Å². The maximum atomic E-state index is 6.04. The van der Waals surface area contributed by atoms with Crippen LogP contribution in [0.1, 0.15) is 0 Å². The Morgan fingerprint density at radius 2 is 1.26 bits per heavy atom. The highest BCUT2D eigenvalue weighted by atomic mass is 16.5. The molecule has 0 aliphatic carbocycles. The number of hydrogen-bond acceptors (Lipinski definition) is 2. The van der Waals surface area contributed by atoms with Crippen LogP contribution in [0, 0.1) is 0 Å². The molecule has 2 heterocycles. The molecule has 90 valence electrons. The van der Waals surface area contributed by atoms with Gasteiger partial charge in [0.2, 0.25) is 0 Å². The van der Waals surface area contributed by atoms with Gasteiger partial charge in [-0.15, -0.1) is 0 Å². The van der Waals surface area contributed by atoms with Crippen LogP contribution in [0.15, 0.2) is 66.9 Å². The SMILES string of the molecule is c1ccc2c(c1)Oc1ccccc1-c1ncccc1-2. The third-order valence-electron chi connectivity index (χ3n) is 3.35. The summed E-state index contributed by atoms with van der Waals surface area (Å²) >= 11 is 0. The van der Waals surface area contributed by atoms with Gasteiger partial charge in [-0.25, -0.2) is 0 Å². The molecule has 0 amide bonds. The summed E-state index contributed by atoms with van der Waals surface area (Å²) in [5, 5.41) is 0. The quantitative estimate of drug-likeness (QED) is 0.454. The highest BCUT2D eigenvalue weighted by Crippen LogP contribution is 2.44. The van der Waals surface area contributed by atoms with E-state index in [0.29, 0.717) is 0 Å². The van der Waals surface area contributed by atoms with Gasteiger partial charge in [0.05, 0.1) is 5.69 Å². The van der Waals surface area contributed by atoms with Crippen LogP contribution >= 0.6 is 0 Å². The zero-order valence-corrected chi connectivity index (χ0v) is 10.2. The lowest BCUT2D eigenvalue weighted by Gasteiger charge is -2.07. The second-order valence-electron chi connectivity index (χ2n) is 4.49. The number of ether oxygens (including phenoxy) is 1. The number of fused-ring (bicyclic) bond motifs is 5. The summed E-state index contributed by atoms with van der Waals surface area (Å²) in [7, 11) is 0. The van der Waals surface area contributed by atoms with Crippen molar-refractivity contribution >= 4 is 0 Å². The monoisotopic (exact) mass is 245 g/mol. The lowest BCUT2D eigenvalue weighted by atomic mass is 10.00. The average molecular weight is 245 g/mol. The number of aromatic nitrogens is 1. The third-order valence-corrected chi connectivity index (χ3v) is 3.35. The molecule has 0 saturated heterocycles. The molecule has 2 nitrogen and oxygen atoms in total. The molecule has 2 heteroatoms. The van der Waals surface area contributed by atoms with E-state index in [0.717, 1.165) is 33.9 Å². The van der Waals surface area contributed by atoms with Gasteiger partial charge in [-0.2, -0.15) is 0 Å². The molecule has 0 unspecified atom stereocenters. The van der Waals surface area contributed by atoms with Gasteiger partial charge >= 0.3 is 0 Å². The molecule has 0 saturated carbocycles. The van der Waals surface area contributed by atoms with Crippen LogP contribution in [0.3, 0.4) is 0 Å². The van der Waals surface area contributed by atoms with Gasteiger partial charge < -0.3 is 4.74 Å². The number of para-hydroxylation sites is 2. The van der Waals surface area contributed by atoms with Crippen LogP contribution < -0.4 is 4.74 Å². The minimum absolute atomic E-state index is 0.854. The maximum absolute atomic E-state index is 6.04. The van der Waals surface area contributed by atoms with Crippen LogP contribution in [0.2, 0.25) is 0 Å². The Hall–Kier alpha value is -2.61. The van der Waals surface area contributed by atoms with Crippen molar-refractivity contribution in [1.29, 1.82) is 0 Å². The predicted octanol–water partition coefficient (Wildman–Crippen LogP) is 4.52. The first-order chi connectivity index (χ1) is 9.43. The zero-order valence-electron chi connectivity index (χ0n) is 10.2. The van der Waals surface area contributed by atoms with E-state index in [1.54, 1.807) is 0 Å². The van der Waals surface area contributed by atoms with Crippen LogP contribution in [0.25, 0.3) is 22.4 Å². The van der Waals surface area contributed by atoms with Gasteiger partial charge in [-0.3, -0.25) is 4.98 Å². The largest absolute Gasteiger partial charge is 0.456 e. The number of rotatable bonds is 0. The third kappa shape index (κ3) is 1.54. The summed E-state index contributed by atoms with van der Waals surface area (Å²) in [5.41, 5.74) is 4.21. The van der Waals surface area contributed by atoms with Crippen LogP contribution in [0.5, 0.6) is 11.5 Å². The van der Waals surface area contributed by atoms with Gasteiger partial charge in [0, 0.05) is 22.9 Å². The lowest BCUT2D eigenvalue weighted by molar-refractivity contribution is 0.487. The van der Waals surface area contributed by atoms with Gasteiger partial charge in [0.1, 0.15) is 11.5 Å². The van der Waals surface area contributed by atoms with Crippen molar-refractivity contribution in [2.24, 2.45) is 0 Å². The van der Waals surface area contributed by atoms with Crippen LogP contribution in [-0.2, 0) is 0 Å². The van der Waals surface area contributed by atoms with E-state index >= 15 is 0 Å². The molecule has 0 bridgehead atoms. The van der Waals surface area contributed by atoms with E-state index in [2.05, 4.69) is 17.1 Å². The molecular formula is C17H11NO. The fourth-order valence-electron chi connectivity index (χ4n) is 2.49.